The van der Waals surface area contributed by atoms with Crippen molar-refractivity contribution in [1.82, 2.24) is 26.2 Å². The molecule has 1 saturated heterocycles. The van der Waals surface area contributed by atoms with E-state index in [1.807, 2.05) is 74.5 Å². The summed E-state index contributed by atoms with van der Waals surface area (Å²) >= 11 is 1.79. The van der Waals surface area contributed by atoms with Crippen molar-refractivity contribution in [3.63, 3.8) is 0 Å². The van der Waals surface area contributed by atoms with Crippen molar-refractivity contribution in [2.75, 3.05) is 31.1 Å². The number of carbonyl (C=O) groups is 4. The van der Waals surface area contributed by atoms with Crippen molar-refractivity contribution in [3.8, 4) is 0 Å². The molecule has 2 aromatic carbocycles. The van der Waals surface area contributed by atoms with E-state index in [2.05, 4.69) is 21.3 Å². The van der Waals surface area contributed by atoms with E-state index in [0.29, 0.717) is 25.9 Å². The van der Waals surface area contributed by atoms with Gasteiger partial charge in [0.05, 0.1) is 6.04 Å². The van der Waals surface area contributed by atoms with Crippen LogP contribution in [0.3, 0.4) is 0 Å². The van der Waals surface area contributed by atoms with Crippen LogP contribution in [0, 0.1) is 5.92 Å². The molecule has 4 atom stereocenters. The zero-order valence-corrected chi connectivity index (χ0v) is 27.6. The van der Waals surface area contributed by atoms with Crippen LogP contribution < -0.4 is 38.5 Å². The summed E-state index contributed by atoms with van der Waals surface area (Å²) in [5, 5.41) is 11.4. The SMILES string of the molecule is CC(C)C[C@@H](NC(=O)[C@@H](Cc1ccccc1)NC(=O)[C@H](N)Cc1ccccc1)C(=O)N[C@H](CNC(N)N)C(=O)N1CCCSCC1. The summed E-state index contributed by atoms with van der Waals surface area (Å²) in [6.07, 6.45) is 0.780. The molecule has 3 rings (SSSR count). The molecule has 1 heterocycles. The van der Waals surface area contributed by atoms with E-state index in [-0.39, 0.29) is 24.8 Å². The minimum Gasteiger partial charge on any atom is -0.343 e. The molecule has 12 nitrogen and oxygen atoms in total. The van der Waals surface area contributed by atoms with Crippen molar-refractivity contribution in [3.05, 3.63) is 71.8 Å². The maximum atomic E-state index is 13.8. The summed E-state index contributed by atoms with van der Waals surface area (Å²) in [4.78, 5) is 56.0. The molecule has 0 aromatic heterocycles. The quantitative estimate of drug-likeness (QED) is 0.122. The molecule has 0 spiro atoms. The molecule has 0 saturated carbocycles. The average Bonchev–Trinajstić information content (AvgIpc) is 3.32. The highest BCUT2D eigenvalue weighted by Crippen LogP contribution is 2.13. The van der Waals surface area contributed by atoms with Crippen LogP contribution in [-0.4, -0.2) is 90.1 Å². The minimum absolute atomic E-state index is 0.0280. The second kappa shape index (κ2) is 19.2. The van der Waals surface area contributed by atoms with Gasteiger partial charge in [0.15, 0.2) is 0 Å². The van der Waals surface area contributed by atoms with Crippen molar-refractivity contribution in [2.24, 2.45) is 23.1 Å². The lowest BCUT2D eigenvalue weighted by molar-refractivity contribution is -0.137. The number of nitrogens with one attached hydrogen (secondary N) is 4. The molecule has 0 aliphatic carbocycles. The first-order valence-electron chi connectivity index (χ1n) is 15.9. The fourth-order valence-corrected chi connectivity index (χ4v) is 6.07. The van der Waals surface area contributed by atoms with Crippen molar-refractivity contribution < 1.29 is 19.2 Å². The third kappa shape index (κ3) is 12.7. The van der Waals surface area contributed by atoms with Gasteiger partial charge in [-0.05, 0) is 42.1 Å². The van der Waals surface area contributed by atoms with Gasteiger partial charge in [-0.1, -0.05) is 74.5 Å². The van der Waals surface area contributed by atoms with Gasteiger partial charge in [0.1, 0.15) is 24.4 Å². The van der Waals surface area contributed by atoms with Gasteiger partial charge >= 0.3 is 0 Å². The Kier molecular flexibility index (Phi) is 15.5. The molecular formula is C33H50N8O4S. The molecule has 1 aliphatic rings. The first-order chi connectivity index (χ1) is 22.0. The number of hydrogen-bond donors (Lipinski definition) is 7. The molecule has 1 aliphatic heterocycles. The van der Waals surface area contributed by atoms with Crippen LogP contribution >= 0.6 is 11.8 Å². The summed E-state index contributed by atoms with van der Waals surface area (Å²) in [6.45, 7) is 5.06. The van der Waals surface area contributed by atoms with E-state index < -0.39 is 48.2 Å². The molecule has 46 heavy (non-hydrogen) atoms. The van der Waals surface area contributed by atoms with Crippen LogP contribution in [-0.2, 0) is 32.0 Å². The first kappa shape index (κ1) is 37.0. The van der Waals surface area contributed by atoms with E-state index in [1.165, 1.54) is 0 Å². The number of hydrogen-bond acceptors (Lipinski definition) is 9. The standard InChI is InChI=1S/C33H50N8O4S/c1-22(2)18-26(30(43)40-28(21-37-33(35)36)32(45)41-14-9-16-46-17-15-41)39-31(44)27(20-24-12-7-4-8-13-24)38-29(42)25(34)19-23-10-5-3-6-11-23/h3-8,10-13,22,25-28,33,37H,9,14-21,34-36H2,1-2H3,(H,38,42)(H,39,44)(H,40,43)/t25-,26-,27-,28-/m1/s1. The topological polar surface area (TPSA) is 198 Å². The van der Waals surface area contributed by atoms with Crippen LogP contribution in [0.2, 0.25) is 0 Å². The van der Waals surface area contributed by atoms with Gasteiger partial charge < -0.3 is 38.1 Å². The number of carbonyl (C=O) groups excluding carboxylic acids is 4. The molecule has 10 N–H and O–H groups in total. The largest absolute Gasteiger partial charge is 0.343 e. The maximum absolute atomic E-state index is 13.8. The summed E-state index contributed by atoms with van der Waals surface area (Å²) in [5.74, 6) is 0.0566. The second-order valence-corrected chi connectivity index (χ2v) is 13.2. The molecule has 0 radical (unpaired) electrons. The normalized spacial score (nSPS) is 16.2. The Labute approximate surface area is 276 Å². The molecule has 1 fully saturated rings. The molecule has 0 bridgehead atoms. The molecule has 2 aromatic rings. The number of thioether (sulfide) groups is 1. The van der Waals surface area contributed by atoms with Crippen molar-refractivity contribution >= 4 is 35.4 Å². The molecule has 13 heteroatoms. The minimum atomic E-state index is -0.997. The van der Waals surface area contributed by atoms with E-state index in [4.69, 9.17) is 17.2 Å². The second-order valence-electron chi connectivity index (χ2n) is 12.0. The molecule has 252 valence electrons. The Bertz CT molecular complexity index is 1240. The zero-order chi connectivity index (χ0) is 33.5. The fraction of sp³-hybridized carbons (Fsp3) is 0.515. The van der Waals surface area contributed by atoms with Gasteiger partial charge in [-0.2, -0.15) is 11.8 Å². The summed E-state index contributed by atoms with van der Waals surface area (Å²) in [5.41, 5.74) is 19.4. The Hall–Kier alpha value is -3.49. The lowest BCUT2D eigenvalue weighted by Crippen LogP contribution is -2.61. The van der Waals surface area contributed by atoms with Gasteiger partial charge in [0.2, 0.25) is 23.6 Å². The van der Waals surface area contributed by atoms with E-state index in [0.717, 1.165) is 29.1 Å². The van der Waals surface area contributed by atoms with Gasteiger partial charge in [-0.25, -0.2) is 0 Å². The highest BCUT2D eigenvalue weighted by Gasteiger charge is 2.32. The first-order valence-corrected chi connectivity index (χ1v) is 17.0. The average molecular weight is 655 g/mol. The van der Waals surface area contributed by atoms with E-state index in [9.17, 15) is 19.2 Å². The Morgan fingerprint density at radius 2 is 1.30 bits per heavy atom. The van der Waals surface area contributed by atoms with Crippen molar-refractivity contribution in [2.45, 2.75) is 70.0 Å². The maximum Gasteiger partial charge on any atom is 0.246 e. The van der Waals surface area contributed by atoms with E-state index >= 15 is 0 Å². The Balaban J connectivity index is 1.77. The molecule has 0 unspecified atom stereocenters. The molecule has 4 amide bonds. The summed E-state index contributed by atoms with van der Waals surface area (Å²) in [6, 6.07) is 14.9. The number of nitrogens with two attached hydrogens (primary N) is 3. The molecular weight excluding hydrogens is 604 g/mol. The van der Waals surface area contributed by atoms with Crippen LogP contribution in [0.1, 0.15) is 37.8 Å². The number of amides is 4. The van der Waals surface area contributed by atoms with Crippen LogP contribution in [0.25, 0.3) is 0 Å². The van der Waals surface area contributed by atoms with E-state index in [1.54, 1.807) is 16.7 Å². The predicted octanol–water partition coefficient (Wildman–Crippen LogP) is 0.0557. The Morgan fingerprint density at radius 3 is 1.91 bits per heavy atom. The zero-order valence-electron chi connectivity index (χ0n) is 26.8. The number of rotatable bonds is 16. The van der Waals surface area contributed by atoms with Gasteiger partial charge in [0, 0.05) is 31.8 Å². The number of benzene rings is 2. The van der Waals surface area contributed by atoms with Crippen molar-refractivity contribution in [1.29, 1.82) is 0 Å². The fourth-order valence-electron chi connectivity index (χ4n) is 5.19. The predicted molar refractivity (Wildman–Crippen MR) is 182 cm³/mol. The third-order valence-corrected chi connectivity index (χ3v) is 8.65. The highest BCUT2D eigenvalue weighted by atomic mass is 32.2. The van der Waals surface area contributed by atoms with Crippen LogP contribution in [0.5, 0.6) is 0 Å². The smallest absolute Gasteiger partial charge is 0.246 e. The number of nitrogens with zero attached hydrogens (tertiary/aromatic N) is 1. The summed E-state index contributed by atoms with van der Waals surface area (Å²) < 4.78 is 0. The van der Waals surface area contributed by atoms with Crippen LogP contribution in [0.4, 0.5) is 0 Å². The lowest BCUT2D eigenvalue weighted by atomic mass is 10.00. The lowest BCUT2D eigenvalue weighted by Gasteiger charge is -2.30. The monoisotopic (exact) mass is 654 g/mol. The Morgan fingerprint density at radius 1 is 0.739 bits per heavy atom. The summed E-state index contributed by atoms with van der Waals surface area (Å²) in [7, 11) is 0. The van der Waals surface area contributed by atoms with Gasteiger partial charge in [-0.15, -0.1) is 0 Å². The highest BCUT2D eigenvalue weighted by molar-refractivity contribution is 7.99. The van der Waals surface area contributed by atoms with Gasteiger partial charge in [-0.3, -0.25) is 24.5 Å². The van der Waals surface area contributed by atoms with Gasteiger partial charge in [0.25, 0.3) is 0 Å². The third-order valence-electron chi connectivity index (χ3n) is 7.60. The van der Waals surface area contributed by atoms with Crippen LogP contribution in [0.15, 0.2) is 60.7 Å².